The van der Waals surface area contributed by atoms with Gasteiger partial charge in [0.2, 0.25) is 17.7 Å². The van der Waals surface area contributed by atoms with Crippen molar-refractivity contribution in [2.75, 3.05) is 13.1 Å². The van der Waals surface area contributed by atoms with E-state index in [0.717, 1.165) is 0 Å². The normalized spacial score (nSPS) is 14.4. The number of aliphatic hydroxyl groups is 1. The molecule has 0 saturated carbocycles. The number of carbonyl (C=O) groups is 4. The molecular formula is C14H26N4O6. The van der Waals surface area contributed by atoms with Crippen LogP contribution in [0.5, 0.6) is 0 Å². The maximum atomic E-state index is 12.1. The summed E-state index contributed by atoms with van der Waals surface area (Å²) < 4.78 is 0. The van der Waals surface area contributed by atoms with Crippen LogP contribution in [-0.4, -0.2) is 65.2 Å². The van der Waals surface area contributed by atoms with E-state index in [0.29, 0.717) is 6.42 Å². The third kappa shape index (κ3) is 8.44. The van der Waals surface area contributed by atoms with Crippen LogP contribution in [0.4, 0.5) is 0 Å². The van der Waals surface area contributed by atoms with Crippen LogP contribution in [0, 0.1) is 5.92 Å². The highest BCUT2D eigenvalue weighted by Gasteiger charge is 2.26. The molecule has 3 atom stereocenters. The van der Waals surface area contributed by atoms with Crippen molar-refractivity contribution in [3.05, 3.63) is 0 Å². The lowest BCUT2D eigenvalue weighted by atomic mass is 10.0. The molecule has 0 radical (unpaired) electrons. The summed E-state index contributed by atoms with van der Waals surface area (Å²) in [6, 6.07) is -2.32. The van der Waals surface area contributed by atoms with Crippen LogP contribution in [0.1, 0.15) is 27.2 Å². The molecule has 7 N–H and O–H groups in total. The number of carbonyl (C=O) groups excluding carboxylic acids is 3. The minimum atomic E-state index is -1.47. The van der Waals surface area contributed by atoms with Crippen LogP contribution in [0.25, 0.3) is 0 Å². The van der Waals surface area contributed by atoms with Gasteiger partial charge in [-0.05, 0) is 19.3 Å². The number of carboxylic acids is 1. The smallest absolute Gasteiger partial charge is 0.328 e. The predicted molar refractivity (Wildman–Crippen MR) is 84.7 cm³/mol. The van der Waals surface area contributed by atoms with Gasteiger partial charge in [0, 0.05) is 0 Å². The Balaban J connectivity index is 4.62. The second kappa shape index (κ2) is 10.6. The Labute approximate surface area is 140 Å². The van der Waals surface area contributed by atoms with Crippen LogP contribution >= 0.6 is 0 Å². The fourth-order valence-corrected chi connectivity index (χ4v) is 1.86. The molecule has 3 unspecified atom stereocenters. The van der Waals surface area contributed by atoms with E-state index in [2.05, 4.69) is 16.0 Å². The molecule has 0 heterocycles. The van der Waals surface area contributed by atoms with Crippen molar-refractivity contribution in [1.82, 2.24) is 16.0 Å². The van der Waals surface area contributed by atoms with Gasteiger partial charge in [-0.25, -0.2) is 4.79 Å². The van der Waals surface area contributed by atoms with Crippen LogP contribution in [0.2, 0.25) is 0 Å². The highest BCUT2D eigenvalue weighted by Crippen LogP contribution is 2.04. The number of rotatable bonds is 10. The number of aliphatic carboxylic acids is 1. The molecule has 0 aliphatic rings. The third-order valence-electron chi connectivity index (χ3n) is 3.03. The largest absolute Gasteiger partial charge is 0.480 e. The van der Waals surface area contributed by atoms with E-state index in [9.17, 15) is 24.3 Å². The van der Waals surface area contributed by atoms with Crippen molar-refractivity contribution < 1.29 is 29.4 Å². The quantitative estimate of drug-likeness (QED) is 0.255. The Morgan fingerprint density at radius 3 is 2.04 bits per heavy atom. The van der Waals surface area contributed by atoms with Gasteiger partial charge < -0.3 is 31.9 Å². The standard InChI is InChI=1S/C14H26N4O6/c1-7(2)4-9(17-10(20)5-15)13(22)16-6-11(21)18-12(8(3)19)14(23)24/h7-9,12,19H,4-6,15H2,1-3H3,(H,16,22)(H,17,20)(H,18,21)(H,23,24). The molecular weight excluding hydrogens is 320 g/mol. The Kier molecular flexibility index (Phi) is 9.58. The zero-order valence-corrected chi connectivity index (χ0v) is 14.0. The number of carboxylic acid groups (broad SMARTS) is 1. The minimum Gasteiger partial charge on any atom is -0.480 e. The lowest BCUT2D eigenvalue weighted by Gasteiger charge is -2.20. The summed E-state index contributed by atoms with van der Waals surface area (Å²) >= 11 is 0. The number of amides is 3. The molecule has 3 amide bonds. The molecule has 0 aliphatic heterocycles. The molecule has 0 saturated heterocycles. The molecule has 0 fully saturated rings. The lowest BCUT2D eigenvalue weighted by Crippen LogP contribution is -2.53. The summed E-state index contributed by atoms with van der Waals surface area (Å²) in [6.07, 6.45) is -0.940. The fraction of sp³-hybridized carbons (Fsp3) is 0.714. The first kappa shape index (κ1) is 21.8. The molecule has 24 heavy (non-hydrogen) atoms. The van der Waals surface area contributed by atoms with Gasteiger partial charge in [0.15, 0.2) is 6.04 Å². The van der Waals surface area contributed by atoms with Crippen molar-refractivity contribution in [3.63, 3.8) is 0 Å². The first-order valence-corrected chi connectivity index (χ1v) is 7.55. The first-order chi connectivity index (χ1) is 11.1. The average molecular weight is 346 g/mol. The fourth-order valence-electron chi connectivity index (χ4n) is 1.86. The molecule has 0 aromatic carbocycles. The first-order valence-electron chi connectivity index (χ1n) is 7.55. The third-order valence-corrected chi connectivity index (χ3v) is 3.03. The molecule has 0 aromatic rings. The lowest BCUT2D eigenvalue weighted by molar-refractivity contribution is -0.144. The van der Waals surface area contributed by atoms with Crippen molar-refractivity contribution in [1.29, 1.82) is 0 Å². The zero-order chi connectivity index (χ0) is 18.9. The maximum Gasteiger partial charge on any atom is 0.328 e. The number of hydrogen-bond donors (Lipinski definition) is 6. The monoisotopic (exact) mass is 346 g/mol. The van der Waals surface area contributed by atoms with E-state index in [4.69, 9.17) is 10.8 Å². The van der Waals surface area contributed by atoms with Crippen molar-refractivity contribution >= 4 is 23.7 Å². The highest BCUT2D eigenvalue weighted by molar-refractivity contribution is 5.91. The van der Waals surface area contributed by atoms with Crippen LogP contribution in [-0.2, 0) is 19.2 Å². The van der Waals surface area contributed by atoms with Gasteiger partial charge >= 0.3 is 5.97 Å². The van der Waals surface area contributed by atoms with Crippen LogP contribution in [0.15, 0.2) is 0 Å². The minimum absolute atomic E-state index is 0.110. The summed E-state index contributed by atoms with van der Waals surface area (Å²) in [7, 11) is 0. The average Bonchev–Trinajstić information content (AvgIpc) is 2.48. The van der Waals surface area contributed by atoms with Crippen LogP contribution in [0.3, 0.4) is 0 Å². The predicted octanol–water partition coefficient (Wildman–Crippen LogP) is -2.46. The number of hydrogen-bond acceptors (Lipinski definition) is 6. The summed E-state index contributed by atoms with van der Waals surface area (Å²) in [4.78, 5) is 46.0. The van der Waals surface area contributed by atoms with Gasteiger partial charge in [-0.15, -0.1) is 0 Å². The molecule has 0 bridgehead atoms. The topological polar surface area (TPSA) is 171 Å². The second-order valence-electron chi connectivity index (χ2n) is 5.80. The number of nitrogens with one attached hydrogen (secondary N) is 3. The van der Waals surface area contributed by atoms with E-state index in [1.54, 1.807) is 0 Å². The molecule has 0 aromatic heterocycles. The van der Waals surface area contributed by atoms with Gasteiger partial charge in [0.05, 0.1) is 19.2 Å². The molecule has 10 nitrogen and oxygen atoms in total. The Morgan fingerprint density at radius 1 is 1.04 bits per heavy atom. The van der Waals surface area contributed by atoms with Gasteiger partial charge in [0.1, 0.15) is 6.04 Å². The summed E-state index contributed by atoms with van der Waals surface area (Å²) in [5.41, 5.74) is 5.20. The summed E-state index contributed by atoms with van der Waals surface area (Å²) in [5.74, 6) is -3.13. The number of nitrogens with two attached hydrogens (primary N) is 1. The molecule has 0 aliphatic carbocycles. The molecule has 0 spiro atoms. The van der Waals surface area contributed by atoms with E-state index < -0.39 is 48.4 Å². The molecule has 138 valence electrons. The summed E-state index contributed by atoms with van der Waals surface area (Å²) in [5, 5.41) is 25.0. The SMILES string of the molecule is CC(C)CC(NC(=O)CN)C(=O)NCC(=O)NC(C(=O)O)C(C)O. The Hall–Kier alpha value is -2.20. The molecule has 0 rings (SSSR count). The van der Waals surface area contributed by atoms with E-state index in [1.165, 1.54) is 6.92 Å². The maximum absolute atomic E-state index is 12.1. The van der Waals surface area contributed by atoms with E-state index in [-0.39, 0.29) is 12.5 Å². The van der Waals surface area contributed by atoms with E-state index in [1.807, 2.05) is 13.8 Å². The Bertz CT molecular complexity index is 466. The van der Waals surface area contributed by atoms with Gasteiger partial charge in [-0.2, -0.15) is 0 Å². The van der Waals surface area contributed by atoms with Crippen molar-refractivity contribution in [3.8, 4) is 0 Å². The molecule has 10 heteroatoms. The van der Waals surface area contributed by atoms with E-state index >= 15 is 0 Å². The van der Waals surface area contributed by atoms with Gasteiger partial charge in [-0.3, -0.25) is 14.4 Å². The number of aliphatic hydroxyl groups excluding tert-OH is 1. The van der Waals surface area contributed by atoms with Crippen LogP contribution < -0.4 is 21.7 Å². The summed E-state index contributed by atoms with van der Waals surface area (Å²) in [6.45, 7) is 4.20. The second-order valence-corrected chi connectivity index (χ2v) is 5.80. The highest BCUT2D eigenvalue weighted by atomic mass is 16.4. The van der Waals surface area contributed by atoms with Gasteiger partial charge in [-0.1, -0.05) is 13.8 Å². The Morgan fingerprint density at radius 2 is 1.62 bits per heavy atom. The van der Waals surface area contributed by atoms with Gasteiger partial charge in [0.25, 0.3) is 0 Å². The van der Waals surface area contributed by atoms with Crippen molar-refractivity contribution in [2.24, 2.45) is 11.7 Å². The zero-order valence-electron chi connectivity index (χ0n) is 14.0. The van der Waals surface area contributed by atoms with Crippen molar-refractivity contribution in [2.45, 2.75) is 45.4 Å².